The summed E-state index contributed by atoms with van der Waals surface area (Å²) in [4.78, 5) is 11.5. The van der Waals surface area contributed by atoms with E-state index in [0.717, 1.165) is 44.1 Å². The molecule has 0 bridgehead atoms. The van der Waals surface area contributed by atoms with Crippen molar-refractivity contribution in [3.8, 4) is 0 Å². The van der Waals surface area contributed by atoms with E-state index in [1.54, 1.807) is 6.33 Å². The lowest BCUT2D eigenvalue weighted by atomic mass is 9.85. The molecule has 0 aromatic carbocycles. The van der Waals surface area contributed by atoms with Gasteiger partial charge in [0, 0.05) is 25.2 Å². The molecule has 0 radical (unpaired) electrons. The molecule has 4 nitrogen and oxygen atoms in total. The predicted octanol–water partition coefficient (Wildman–Crippen LogP) is 3.88. The average molecular weight is 290 g/mol. The van der Waals surface area contributed by atoms with Crippen molar-refractivity contribution in [2.45, 2.75) is 59.8 Å². The van der Waals surface area contributed by atoms with Crippen molar-refractivity contribution in [1.82, 2.24) is 9.97 Å². The summed E-state index contributed by atoms with van der Waals surface area (Å²) in [6, 6.07) is 0. The fourth-order valence-electron chi connectivity index (χ4n) is 3.11. The highest BCUT2D eigenvalue weighted by Gasteiger charge is 2.25. The molecular weight excluding hydrogens is 260 g/mol. The Morgan fingerprint density at radius 3 is 2.71 bits per heavy atom. The van der Waals surface area contributed by atoms with Gasteiger partial charge in [-0.2, -0.15) is 0 Å². The van der Waals surface area contributed by atoms with Crippen molar-refractivity contribution in [3.63, 3.8) is 0 Å². The van der Waals surface area contributed by atoms with Gasteiger partial charge in [-0.05, 0) is 38.0 Å². The quantitative estimate of drug-likeness (QED) is 0.893. The lowest BCUT2D eigenvalue weighted by Gasteiger charge is -2.26. The van der Waals surface area contributed by atoms with Gasteiger partial charge in [0.05, 0.1) is 0 Å². The van der Waals surface area contributed by atoms with Gasteiger partial charge in [-0.3, -0.25) is 0 Å². The van der Waals surface area contributed by atoms with Gasteiger partial charge in [-0.15, -0.1) is 0 Å². The van der Waals surface area contributed by atoms with Gasteiger partial charge in [-0.25, -0.2) is 9.97 Å². The Labute approximate surface area is 129 Å². The third-order valence-electron chi connectivity index (χ3n) is 4.41. The molecule has 1 aromatic heterocycles. The van der Waals surface area contributed by atoms with E-state index in [1.807, 2.05) is 0 Å². The summed E-state index contributed by atoms with van der Waals surface area (Å²) in [5.41, 5.74) is 1.75. The highest BCUT2D eigenvalue weighted by Crippen LogP contribution is 2.33. The Morgan fingerprint density at radius 1 is 1.19 bits per heavy atom. The third-order valence-corrected chi connectivity index (χ3v) is 4.41. The van der Waals surface area contributed by atoms with Crippen LogP contribution in [0.1, 0.15) is 58.9 Å². The summed E-state index contributed by atoms with van der Waals surface area (Å²) in [5, 5.41) is 3.39. The standard InChI is InChI=1S/C17H30N4/c1-5-8-14-15(18-6-2)19-13-20-16(14)21-11-7-9-17(3,4)10-12-21/h13H,5-12H2,1-4H3,(H,18,19,20). The molecular formula is C17H30N4. The molecule has 1 saturated heterocycles. The summed E-state index contributed by atoms with van der Waals surface area (Å²) >= 11 is 0. The second-order valence-corrected chi connectivity index (χ2v) is 6.81. The van der Waals surface area contributed by atoms with Crippen molar-refractivity contribution in [1.29, 1.82) is 0 Å². The van der Waals surface area contributed by atoms with Crippen LogP contribution in [0.4, 0.5) is 11.6 Å². The molecule has 0 atom stereocenters. The monoisotopic (exact) mass is 290 g/mol. The van der Waals surface area contributed by atoms with E-state index in [9.17, 15) is 0 Å². The lowest BCUT2D eigenvalue weighted by molar-refractivity contribution is 0.325. The topological polar surface area (TPSA) is 41.1 Å². The van der Waals surface area contributed by atoms with Crippen molar-refractivity contribution < 1.29 is 0 Å². The van der Waals surface area contributed by atoms with E-state index in [0.29, 0.717) is 5.41 Å². The fraction of sp³-hybridized carbons (Fsp3) is 0.765. The number of rotatable bonds is 5. The van der Waals surface area contributed by atoms with E-state index < -0.39 is 0 Å². The molecule has 118 valence electrons. The van der Waals surface area contributed by atoms with Gasteiger partial charge in [0.15, 0.2) is 0 Å². The van der Waals surface area contributed by atoms with Gasteiger partial charge in [-0.1, -0.05) is 27.2 Å². The molecule has 0 spiro atoms. The van der Waals surface area contributed by atoms with E-state index in [2.05, 4.69) is 47.9 Å². The van der Waals surface area contributed by atoms with Gasteiger partial charge in [0.25, 0.3) is 0 Å². The molecule has 21 heavy (non-hydrogen) atoms. The van der Waals surface area contributed by atoms with Crippen LogP contribution in [0.2, 0.25) is 0 Å². The number of nitrogens with zero attached hydrogens (tertiary/aromatic N) is 3. The Morgan fingerprint density at radius 2 is 2.00 bits per heavy atom. The summed E-state index contributed by atoms with van der Waals surface area (Å²) < 4.78 is 0. The van der Waals surface area contributed by atoms with Gasteiger partial charge < -0.3 is 10.2 Å². The summed E-state index contributed by atoms with van der Waals surface area (Å²) in [7, 11) is 0. The van der Waals surface area contributed by atoms with Gasteiger partial charge in [0.2, 0.25) is 0 Å². The van der Waals surface area contributed by atoms with E-state index >= 15 is 0 Å². The lowest BCUT2D eigenvalue weighted by Crippen LogP contribution is -2.27. The number of anilines is 2. The molecule has 4 heteroatoms. The zero-order valence-corrected chi connectivity index (χ0v) is 14.1. The number of hydrogen-bond donors (Lipinski definition) is 1. The molecule has 1 aromatic rings. The van der Waals surface area contributed by atoms with Gasteiger partial charge >= 0.3 is 0 Å². The summed E-state index contributed by atoms with van der Waals surface area (Å²) in [6.45, 7) is 12.2. The largest absolute Gasteiger partial charge is 0.370 e. The second-order valence-electron chi connectivity index (χ2n) is 6.81. The average Bonchev–Trinajstić information content (AvgIpc) is 2.62. The van der Waals surface area contributed by atoms with Crippen LogP contribution < -0.4 is 10.2 Å². The summed E-state index contributed by atoms with van der Waals surface area (Å²) in [5.74, 6) is 2.17. The van der Waals surface area contributed by atoms with Crippen molar-refractivity contribution >= 4 is 11.6 Å². The predicted molar refractivity (Wildman–Crippen MR) is 90.0 cm³/mol. The van der Waals surface area contributed by atoms with E-state index in [-0.39, 0.29) is 0 Å². The second kappa shape index (κ2) is 7.10. The maximum absolute atomic E-state index is 4.63. The maximum atomic E-state index is 4.63. The van der Waals surface area contributed by atoms with Gasteiger partial charge in [0.1, 0.15) is 18.0 Å². The van der Waals surface area contributed by atoms with Crippen LogP contribution in [-0.4, -0.2) is 29.6 Å². The van der Waals surface area contributed by atoms with Crippen LogP contribution in [0, 0.1) is 5.41 Å². The van der Waals surface area contributed by atoms with E-state index in [4.69, 9.17) is 0 Å². The first-order valence-electron chi connectivity index (χ1n) is 8.40. The van der Waals surface area contributed by atoms with Crippen LogP contribution in [0.5, 0.6) is 0 Å². The van der Waals surface area contributed by atoms with Crippen LogP contribution in [0.25, 0.3) is 0 Å². The molecule has 1 fully saturated rings. The van der Waals surface area contributed by atoms with Crippen molar-refractivity contribution in [2.75, 3.05) is 29.9 Å². The zero-order chi connectivity index (χ0) is 15.3. The molecule has 1 aliphatic rings. The van der Waals surface area contributed by atoms with Crippen LogP contribution >= 0.6 is 0 Å². The molecule has 0 saturated carbocycles. The minimum Gasteiger partial charge on any atom is -0.370 e. The highest BCUT2D eigenvalue weighted by atomic mass is 15.2. The van der Waals surface area contributed by atoms with Crippen molar-refractivity contribution in [3.05, 3.63) is 11.9 Å². The molecule has 0 unspecified atom stereocenters. The molecule has 2 heterocycles. The molecule has 2 rings (SSSR count). The van der Waals surface area contributed by atoms with Crippen LogP contribution in [-0.2, 0) is 6.42 Å². The number of hydrogen-bond acceptors (Lipinski definition) is 4. The smallest absolute Gasteiger partial charge is 0.137 e. The molecule has 1 aliphatic heterocycles. The minimum atomic E-state index is 0.456. The van der Waals surface area contributed by atoms with Crippen molar-refractivity contribution in [2.24, 2.45) is 5.41 Å². The normalized spacial score (nSPS) is 18.4. The Bertz CT molecular complexity index is 456. The maximum Gasteiger partial charge on any atom is 0.137 e. The van der Waals surface area contributed by atoms with E-state index in [1.165, 1.54) is 24.8 Å². The SMILES string of the molecule is CCCc1c(NCC)ncnc1N1CCCC(C)(C)CC1. The minimum absolute atomic E-state index is 0.456. The third kappa shape index (κ3) is 4.08. The molecule has 0 amide bonds. The first-order valence-corrected chi connectivity index (χ1v) is 8.40. The van der Waals surface area contributed by atoms with Crippen LogP contribution in [0.15, 0.2) is 6.33 Å². The van der Waals surface area contributed by atoms with Crippen LogP contribution in [0.3, 0.4) is 0 Å². The first kappa shape index (κ1) is 16.1. The molecule has 1 N–H and O–H groups in total. The number of aromatic nitrogens is 2. The Balaban J connectivity index is 2.27. The molecule has 0 aliphatic carbocycles. The summed E-state index contributed by atoms with van der Waals surface area (Å²) in [6.07, 6.45) is 7.66. The Hall–Kier alpha value is -1.32. The number of nitrogens with one attached hydrogen (secondary N) is 1. The zero-order valence-electron chi connectivity index (χ0n) is 14.1. The fourth-order valence-corrected chi connectivity index (χ4v) is 3.11. The Kier molecular flexibility index (Phi) is 5.43. The highest BCUT2D eigenvalue weighted by molar-refractivity contribution is 5.59. The first-order chi connectivity index (χ1) is 10.1.